The molecule has 0 bridgehead atoms. The molecule has 0 unspecified atom stereocenters. The lowest BCUT2D eigenvalue weighted by atomic mass is 9.86. The third kappa shape index (κ3) is 3.56. The minimum absolute atomic E-state index is 0.00122. The number of amides is 2. The smallest absolute Gasteiger partial charge is 0.257 e. The van der Waals surface area contributed by atoms with E-state index in [1.165, 1.54) is 6.33 Å². The maximum Gasteiger partial charge on any atom is 0.257 e. The number of nitrogens with zero attached hydrogens (tertiary/aromatic N) is 3. The van der Waals surface area contributed by atoms with E-state index in [2.05, 4.69) is 9.97 Å². The Bertz CT molecular complexity index is 614. The van der Waals surface area contributed by atoms with Crippen LogP contribution >= 0.6 is 0 Å². The predicted octanol–water partition coefficient (Wildman–Crippen LogP) is 0.918. The number of carbonyl (C=O) groups excluding carboxylic acids is 2. The Morgan fingerprint density at radius 3 is 2.75 bits per heavy atom. The number of nitrogens with two attached hydrogens (primary N) is 1. The normalized spacial score (nSPS) is 25.0. The molecule has 0 radical (unpaired) electrons. The molecular formula is C17H24N4O3. The van der Waals surface area contributed by atoms with Gasteiger partial charge in [0.2, 0.25) is 5.91 Å². The van der Waals surface area contributed by atoms with Crippen molar-refractivity contribution in [2.24, 2.45) is 17.6 Å². The molecule has 0 saturated carbocycles. The maximum atomic E-state index is 12.6. The van der Waals surface area contributed by atoms with E-state index in [9.17, 15) is 9.59 Å². The van der Waals surface area contributed by atoms with E-state index < -0.39 is 0 Å². The Labute approximate surface area is 141 Å². The third-order valence-corrected chi connectivity index (χ3v) is 5.18. The zero-order valence-electron chi connectivity index (χ0n) is 14.0. The summed E-state index contributed by atoms with van der Waals surface area (Å²) in [4.78, 5) is 33.9. The molecule has 2 aliphatic rings. The van der Waals surface area contributed by atoms with E-state index in [1.54, 1.807) is 6.20 Å². The van der Waals surface area contributed by atoms with Crippen LogP contribution < -0.4 is 5.73 Å². The highest BCUT2D eigenvalue weighted by Gasteiger charge is 2.35. The Morgan fingerprint density at radius 1 is 1.33 bits per heavy atom. The summed E-state index contributed by atoms with van der Waals surface area (Å²) in [7, 11) is 0. The predicted molar refractivity (Wildman–Crippen MR) is 87.1 cm³/mol. The van der Waals surface area contributed by atoms with Crippen LogP contribution in [0.15, 0.2) is 12.5 Å². The Morgan fingerprint density at radius 2 is 2.08 bits per heavy atom. The number of aryl methyl sites for hydroxylation is 1. The fourth-order valence-corrected chi connectivity index (χ4v) is 3.68. The van der Waals surface area contributed by atoms with E-state index in [0.29, 0.717) is 36.9 Å². The monoisotopic (exact) mass is 332 g/mol. The molecule has 7 heteroatoms. The molecule has 130 valence electrons. The first kappa shape index (κ1) is 16.8. The lowest BCUT2D eigenvalue weighted by Gasteiger charge is -2.33. The van der Waals surface area contributed by atoms with E-state index in [-0.39, 0.29) is 23.8 Å². The van der Waals surface area contributed by atoms with Crippen molar-refractivity contribution in [1.82, 2.24) is 14.9 Å². The van der Waals surface area contributed by atoms with Gasteiger partial charge in [-0.05, 0) is 38.5 Å². The lowest BCUT2D eigenvalue weighted by molar-refractivity contribution is -0.123. The van der Waals surface area contributed by atoms with Gasteiger partial charge in [-0.3, -0.25) is 9.59 Å². The van der Waals surface area contributed by atoms with Crippen LogP contribution in [0.1, 0.15) is 41.7 Å². The molecule has 0 aromatic carbocycles. The van der Waals surface area contributed by atoms with E-state index >= 15 is 0 Å². The average molecular weight is 332 g/mol. The summed E-state index contributed by atoms with van der Waals surface area (Å²) in [5, 5.41) is 0. The molecule has 1 aromatic rings. The molecule has 3 heterocycles. The molecule has 24 heavy (non-hydrogen) atoms. The number of rotatable bonds is 4. The number of hydrogen-bond acceptors (Lipinski definition) is 5. The van der Waals surface area contributed by atoms with Gasteiger partial charge >= 0.3 is 0 Å². The first-order chi connectivity index (χ1) is 11.6. The third-order valence-electron chi connectivity index (χ3n) is 5.18. The molecule has 2 atom stereocenters. The van der Waals surface area contributed by atoms with Crippen molar-refractivity contribution in [1.29, 1.82) is 0 Å². The number of primary amides is 1. The lowest BCUT2D eigenvalue weighted by Crippen LogP contribution is -2.40. The summed E-state index contributed by atoms with van der Waals surface area (Å²) in [6.45, 7) is 3.86. The number of aromatic nitrogens is 2. The van der Waals surface area contributed by atoms with Gasteiger partial charge in [0.1, 0.15) is 6.33 Å². The van der Waals surface area contributed by atoms with Crippen molar-refractivity contribution in [3.8, 4) is 0 Å². The van der Waals surface area contributed by atoms with Crippen molar-refractivity contribution in [3.63, 3.8) is 0 Å². The maximum absolute atomic E-state index is 12.6. The van der Waals surface area contributed by atoms with Gasteiger partial charge in [-0.25, -0.2) is 9.97 Å². The van der Waals surface area contributed by atoms with Crippen LogP contribution in [-0.2, 0) is 9.53 Å². The number of likely N-dealkylation sites (tertiary alicyclic amines) is 1. The molecule has 0 spiro atoms. The molecule has 1 aromatic heterocycles. The zero-order valence-corrected chi connectivity index (χ0v) is 14.0. The average Bonchev–Trinajstić information content (AvgIpc) is 3.04. The number of piperidine rings is 1. The molecule has 2 N–H and O–H groups in total. The zero-order chi connectivity index (χ0) is 17.1. The van der Waals surface area contributed by atoms with E-state index in [0.717, 1.165) is 25.7 Å². The fraction of sp³-hybridized carbons (Fsp3) is 0.647. The van der Waals surface area contributed by atoms with Crippen molar-refractivity contribution in [2.45, 2.75) is 38.7 Å². The highest BCUT2D eigenvalue weighted by molar-refractivity contribution is 5.94. The Kier molecular flexibility index (Phi) is 5.08. The molecular weight excluding hydrogens is 308 g/mol. The highest BCUT2D eigenvalue weighted by atomic mass is 16.5. The van der Waals surface area contributed by atoms with Gasteiger partial charge in [-0.2, -0.15) is 0 Å². The van der Waals surface area contributed by atoms with Crippen LogP contribution in [0.2, 0.25) is 0 Å². The Hall–Kier alpha value is -2.02. The van der Waals surface area contributed by atoms with Gasteiger partial charge < -0.3 is 15.4 Å². The summed E-state index contributed by atoms with van der Waals surface area (Å²) in [6, 6.07) is 0. The van der Waals surface area contributed by atoms with Crippen molar-refractivity contribution in [3.05, 3.63) is 23.8 Å². The molecule has 2 fully saturated rings. The molecule has 3 rings (SSSR count). The van der Waals surface area contributed by atoms with Gasteiger partial charge in [-0.15, -0.1) is 0 Å². The second-order valence-electron chi connectivity index (χ2n) is 6.70. The number of carbonyl (C=O) groups is 2. The second kappa shape index (κ2) is 7.25. The minimum atomic E-state index is -0.260. The second-order valence-corrected chi connectivity index (χ2v) is 6.70. The molecule has 0 aliphatic carbocycles. The van der Waals surface area contributed by atoms with E-state index in [4.69, 9.17) is 10.5 Å². The van der Waals surface area contributed by atoms with Crippen LogP contribution in [-0.4, -0.2) is 52.5 Å². The van der Waals surface area contributed by atoms with Crippen LogP contribution in [0.25, 0.3) is 0 Å². The van der Waals surface area contributed by atoms with Crippen LogP contribution in [0.4, 0.5) is 0 Å². The SMILES string of the molecule is Cc1ncncc1C(=O)N1CCC(C[C@H]2OCC[C@H]2C(N)=O)CC1. The summed E-state index contributed by atoms with van der Waals surface area (Å²) in [5.74, 6) is 0.0456. The first-order valence-corrected chi connectivity index (χ1v) is 8.53. The van der Waals surface area contributed by atoms with Gasteiger partial charge in [0.05, 0.1) is 23.3 Å². The van der Waals surface area contributed by atoms with Gasteiger partial charge in [0, 0.05) is 25.9 Å². The summed E-state index contributed by atoms with van der Waals surface area (Å²) in [6.07, 6.45) is 6.40. The van der Waals surface area contributed by atoms with Gasteiger partial charge in [0.15, 0.2) is 0 Å². The van der Waals surface area contributed by atoms with Crippen molar-refractivity contribution in [2.75, 3.05) is 19.7 Å². The van der Waals surface area contributed by atoms with Crippen molar-refractivity contribution < 1.29 is 14.3 Å². The largest absolute Gasteiger partial charge is 0.377 e. The minimum Gasteiger partial charge on any atom is -0.377 e. The molecule has 7 nitrogen and oxygen atoms in total. The molecule has 2 saturated heterocycles. The van der Waals surface area contributed by atoms with Crippen LogP contribution in [0.5, 0.6) is 0 Å². The molecule has 2 aliphatic heterocycles. The fourth-order valence-electron chi connectivity index (χ4n) is 3.68. The van der Waals surface area contributed by atoms with Crippen molar-refractivity contribution >= 4 is 11.8 Å². The Balaban J connectivity index is 1.53. The first-order valence-electron chi connectivity index (χ1n) is 8.53. The molecule has 2 amide bonds. The standard InChI is InChI=1S/C17H24N4O3/c1-11-14(9-19-10-20-11)17(23)21-5-2-12(3-6-21)8-15-13(16(18)22)4-7-24-15/h9-10,12-13,15H,2-8H2,1H3,(H2,18,22)/t13-,15-/m1/s1. The quantitative estimate of drug-likeness (QED) is 0.884. The highest BCUT2D eigenvalue weighted by Crippen LogP contribution is 2.31. The summed E-state index contributed by atoms with van der Waals surface area (Å²) in [5.41, 5.74) is 6.73. The number of hydrogen-bond donors (Lipinski definition) is 1. The van der Waals surface area contributed by atoms with Gasteiger partial charge in [0.25, 0.3) is 5.91 Å². The van der Waals surface area contributed by atoms with Crippen LogP contribution in [0.3, 0.4) is 0 Å². The summed E-state index contributed by atoms with van der Waals surface area (Å²) < 4.78 is 5.69. The van der Waals surface area contributed by atoms with Crippen LogP contribution in [0, 0.1) is 18.8 Å². The topological polar surface area (TPSA) is 98.4 Å². The number of ether oxygens (including phenoxy) is 1. The van der Waals surface area contributed by atoms with Gasteiger partial charge in [-0.1, -0.05) is 0 Å². The van der Waals surface area contributed by atoms with E-state index in [1.807, 2.05) is 11.8 Å². The summed E-state index contributed by atoms with van der Waals surface area (Å²) >= 11 is 0.